The van der Waals surface area contributed by atoms with E-state index < -0.39 is 6.04 Å². The number of nitrogens with one attached hydrogen (secondary N) is 1. The van der Waals surface area contributed by atoms with E-state index in [1.165, 1.54) is 63.1 Å². The molecule has 3 rings (SSSR count). The van der Waals surface area contributed by atoms with Crippen molar-refractivity contribution in [3.63, 3.8) is 0 Å². The van der Waals surface area contributed by atoms with E-state index in [-0.39, 0.29) is 23.4 Å². The molecule has 41 heavy (non-hydrogen) atoms. The fourth-order valence-electron chi connectivity index (χ4n) is 4.97. The quantitative estimate of drug-likeness (QED) is 0.243. The smallest absolute Gasteiger partial charge is 0.251 e. The minimum Gasteiger partial charge on any atom is -0.340 e. The van der Waals surface area contributed by atoms with Crippen LogP contribution in [0.2, 0.25) is 0 Å². The summed E-state index contributed by atoms with van der Waals surface area (Å²) in [4.78, 5) is 43.2. The van der Waals surface area contributed by atoms with Crippen molar-refractivity contribution in [1.82, 2.24) is 30.1 Å². The second-order valence-corrected chi connectivity index (χ2v) is 12.1. The summed E-state index contributed by atoms with van der Waals surface area (Å²) >= 11 is 1.36. The van der Waals surface area contributed by atoms with Gasteiger partial charge < -0.3 is 15.1 Å². The van der Waals surface area contributed by atoms with Crippen LogP contribution >= 0.6 is 11.8 Å². The van der Waals surface area contributed by atoms with Crippen LogP contribution < -0.4 is 5.32 Å². The lowest BCUT2D eigenvalue weighted by Crippen LogP contribution is -2.54. The highest BCUT2D eigenvalue weighted by atomic mass is 32.2. The molecule has 1 aliphatic heterocycles. The maximum Gasteiger partial charge on any atom is 0.251 e. The summed E-state index contributed by atoms with van der Waals surface area (Å²) in [5.41, 5.74) is 1.24. The highest BCUT2D eigenvalue weighted by molar-refractivity contribution is 8.13. The van der Waals surface area contributed by atoms with Gasteiger partial charge >= 0.3 is 0 Å². The monoisotopic (exact) mass is 584 g/mol. The van der Waals surface area contributed by atoms with Crippen molar-refractivity contribution in [1.29, 1.82) is 0 Å². The Kier molecular flexibility index (Phi) is 14.9. The summed E-state index contributed by atoms with van der Waals surface area (Å²) in [5.74, 6) is 0.378. The van der Waals surface area contributed by atoms with Gasteiger partial charge in [-0.2, -0.15) is 0 Å². The minimum atomic E-state index is -0.734. The molecule has 10 heteroatoms. The number of benzene rings is 1. The lowest BCUT2D eigenvalue weighted by molar-refractivity contribution is -0.135. The Hall–Kier alpha value is -2.72. The molecule has 0 bridgehead atoms. The van der Waals surface area contributed by atoms with Crippen LogP contribution in [0, 0.1) is 0 Å². The van der Waals surface area contributed by atoms with Crippen LogP contribution in [-0.2, 0) is 9.59 Å². The van der Waals surface area contributed by atoms with Crippen molar-refractivity contribution in [2.75, 3.05) is 39.0 Å². The normalized spacial score (nSPS) is 14.6. The van der Waals surface area contributed by atoms with Crippen molar-refractivity contribution in [2.24, 2.45) is 0 Å². The molecule has 2 aromatic rings. The Labute approximate surface area is 249 Å². The second-order valence-electron chi connectivity index (χ2n) is 11.0. The highest BCUT2D eigenvalue weighted by Gasteiger charge is 2.28. The third kappa shape index (κ3) is 12.0. The van der Waals surface area contributed by atoms with Crippen LogP contribution in [0.1, 0.15) is 94.3 Å². The standard InChI is InChI=1S/C31H48N6O3S/c1-3-4-5-6-7-8-9-10-11-12-25-41-29(38)18-17-28(31(40)36-23-21-35(2)22-24-36)33-30(39)26-13-15-27(16-14-26)37-20-19-32-34-37/h13-16,19-20,28H,3-12,17-18,21-25H2,1-2H3,(H,33,39)/t28-/m0/s1. The van der Waals surface area contributed by atoms with E-state index in [4.69, 9.17) is 0 Å². The molecular weight excluding hydrogens is 536 g/mol. The third-order valence-corrected chi connectivity index (χ3v) is 8.65. The average Bonchev–Trinajstić information content (AvgIpc) is 3.53. The Morgan fingerprint density at radius 2 is 1.54 bits per heavy atom. The van der Waals surface area contributed by atoms with Crippen LogP contribution in [0.3, 0.4) is 0 Å². The number of hydrogen-bond donors (Lipinski definition) is 1. The lowest BCUT2D eigenvalue weighted by Gasteiger charge is -2.34. The number of thioether (sulfide) groups is 1. The number of amides is 2. The first-order valence-corrected chi connectivity index (χ1v) is 16.4. The van der Waals surface area contributed by atoms with Gasteiger partial charge in [0.05, 0.1) is 18.1 Å². The summed E-state index contributed by atoms with van der Waals surface area (Å²) in [7, 11) is 2.04. The first-order chi connectivity index (χ1) is 20.0. The van der Waals surface area contributed by atoms with E-state index >= 15 is 0 Å². The number of unbranched alkanes of at least 4 members (excludes halogenated alkanes) is 9. The van der Waals surface area contributed by atoms with Gasteiger partial charge in [-0.1, -0.05) is 81.7 Å². The predicted octanol–water partition coefficient (Wildman–Crippen LogP) is 5.10. The fraction of sp³-hybridized carbons (Fsp3) is 0.645. The van der Waals surface area contributed by atoms with Crippen molar-refractivity contribution in [3.8, 4) is 5.69 Å². The zero-order valence-corrected chi connectivity index (χ0v) is 25.7. The van der Waals surface area contributed by atoms with E-state index in [0.29, 0.717) is 25.1 Å². The summed E-state index contributed by atoms with van der Waals surface area (Å²) in [6.45, 7) is 5.08. The van der Waals surface area contributed by atoms with Crippen LogP contribution in [0.25, 0.3) is 5.69 Å². The SMILES string of the molecule is CCCCCCCCCCCCSC(=O)CC[C@H](NC(=O)c1ccc(-n2ccnn2)cc1)C(=O)N1CCN(C)CC1. The Bertz CT molecular complexity index is 1040. The van der Waals surface area contributed by atoms with Crippen LogP contribution in [-0.4, -0.2) is 86.7 Å². The fourth-order valence-corrected chi connectivity index (χ4v) is 5.81. The molecule has 2 heterocycles. The van der Waals surface area contributed by atoms with Gasteiger partial charge in [-0.15, -0.1) is 5.10 Å². The summed E-state index contributed by atoms with van der Waals surface area (Å²) in [6.07, 6.45) is 16.6. The van der Waals surface area contributed by atoms with Crippen LogP contribution in [0.15, 0.2) is 36.7 Å². The molecule has 0 unspecified atom stereocenters. The van der Waals surface area contributed by atoms with Crippen molar-refractivity contribution in [2.45, 2.75) is 90.0 Å². The largest absolute Gasteiger partial charge is 0.340 e. The molecule has 0 spiro atoms. The maximum atomic E-state index is 13.4. The molecule has 0 saturated carbocycles. The maximum absolute atomic E-state index is 13.4. The number of carbonyl (C=O) groups excluding carboxylic acids is 3. The number of aromatic nitrogens is 3. The lowest BCUT2D eigenvalue weighted by atomic mass is 10.1. The molecule has 1 atom stereocenters. The first kappa shape index (κ1) is 32.8. The molecule has 0 aliphatic carbocycles. The second kappa shape index (κ2) is 18.7. The van der Waals surface area contributed by atoms with Crippen molar-refractivity contribution < 1.29 is 14.4 Å². The van der Waals surface area contributed by atoms with Gasteiger partial charge in [0, 0.05) is 43.9 Å². The molecule has 0 radical (unpaired) electrons. The zero-order valence-electron chi connectivity index (χ0n) is 24.9. The van der Waals surface area contributed by atoms with Crippen molar-refractivity contribution >= 4 is 28.7 Å². The summed E-state index contributed by atoms with van der Waals surface area (Å²) in [6, 6.07) is 6.25. The minimum absolute atomic E-state index is 0.0866. The van der Waals surface area contributed by atoms with Crippen LogP contribution in [0.5, 0.6) is 0 Å². The molecular formula is C31H48N6O3S. The first-order valence-electron chi connectivity index (χ1n) is 15.4. The summed E-state index contributed by atoms with van der Waals surface area (Å²) in [5, 5.41) is 10.8. The number of carbonyl (C=O) groups is 3. The molecule has 1 aromatic heterocycles. The average molecular weight is 585 g/mol. The number of nitrogens with zero attached hydrogens (tertiary/aromatic N) is 5. The van der Waals surface area contributed by atoms with E-state index in [1.807, 2.05) is 7.05 Å². The number of piperazine rings is 1. The van der Waals surface area contributed by atoms with E-state index in [2.05, 4.69) is 27.5 Å². The molecule has 1 saturated heterocycles. The Balaban J connectivity index is 1.43. The van der Waals surface area contributed by atoms with Gasteiger partial charge in [0.2, 0.25) is 5.91 Å². The predicted molar refractivity (Wildman–Crippen MR) is 165 cm³/mol. The molecule has 2 amide bonds. The molecule has 226 valence electrons. The van der Waals surface area contributed by atoms with E-state index in [0.717, 1.165) is 37.4 Å². The molecule has 1 aromatic carbocycles. The van der Waals surface area contributed by atoms with Gasteiger partial charge in [0.1, 0.15) is 6.04 Å². The van der Waals surface area contributed by atoms with Gasteiger partial charge in [0.25, 0.3) is 5.91 Å². The summed E-state index contributed by atoms with van der Waals surface area (Å²) < 4.78 is 1.61. The van der Waals surface area contributed by atoms with Gasteiger partial charge in [-0.25, -0.2) is 4.68 Å². The highest BCUT2D eigenvalue weighted by Crippen LogP contribution is 2.17. The van der Waals surface area contributed by atoms with E-state index in [1.54, 1.807) is 46.2 Å². The van der Waals surface area contributed by atoms with E-state index in [9.17, 15) is 14.4 Å². The Morgan fingerprint density at radius 3 is 2.15 bits per heavy atom. The topological polar surface area (TPSA) is 100 Å². The molecule has 9 nitrogen and oxygen atoms in total. The number of likely N-dealkylation sites (N-methyl/N-ethyl adjacent to an activating group) is 1. The molecule has 1 aliphatic rings. The Morgan fingerprint density at radius 1 is 0.902 bits per heavy atom. The zero-order chi connectivity index (χ0) is 29.3. The number of rotatable bonds is 18. The van der Waals surface area contributed by atoms with Gasteiger partial charge in [0.15, 0.2) is 5.12 Å². The molecule has 1 fully saturated rings. The van der Waals surface area contributed by atoms with Crippen LogP contribution in [0.4, 0.5) is 0 Å². The molecule has 1 N–H and O–H groups in total. The van der Waals surface area contributed by atoms with Crippen molar-refractivity contribution in [3.05, 3.63) is 42.2 Å². The van der Waals surface area contributed by atoms with Gasteiger partial charge in [-0.05, 0) is 44.2 Å². The van der Waals surface area contributed by atoms with Gasteiger partial charge in [-0.3, -0.25) is 14.4 Å². The third-order valence-electron chi connectivity index (χ3n) is 7.63. The number of hydrogen-bond acceptors (Lipinski definition) is 7.